The van der Waals surface area contributed by atoms with Crippen molar-refractivity contribution < 1.29 is 4.79 Å². The Morgan fingerprint density at radius 2 is 1.66 bits per heavy atom. The smallest absolute Gasteiger partial charge is 0.324 e. The second kappa shape index (κ2) is 8.96. The van der Waals surface area contributed by atoms with Crippen LogP contribution in [0.5, 0.6) is 0 Å². The fraction of sp³-hybridized carbons (Fsp3) is 0.240. The number of carbonyl (C=O) groups is 1. The molecule has 164 valence electrons. The van der Waals surface area contributed by atoms with Crippen molar-refractivity contribution >= 4 is 33.1 Å². The normalized spacial score (nSPS) is 11.1. The molecule has 0 aliphatic rings. The van der Waals surface area contributed by atoms with Gasteiger partial charge in [0.05, 0.1) is 5.52 Å². The predicted octanol–water partition coefficient (Wildman–Crippen LogP) is 4.03. The zero-order valence-electron chi connectivity index (χ0n) is 18.3. The molecule has 2 heterocycles. The molecule has 32 heavy (non-hydrogen) atoms. The summed E-state index contributed by atoms with van der Waals surface area (Å²) in [5.74, 6) is -0.303. The number of fused-ring (bicyclic) bond motifs is 1. The minimum Gasteiger partial charge on any atom is -0.324 e. The number of nitrogens with one attached hydrogen (secondary N) is 1. The maximum atomic E-state index is 13.2. The van der Waals surface area contributed by atoms with E-state index in [2.05, 4.69) is 5.32 Å². The van der Waals surface area contributed by atoms with Crippen LogP contribution in [0.25, 0.3) is 10.2 Å². The second-order valence-electron chi connectivity index (χ2n) is 8.02. The molecule has 0 radical (unpaired) electrons. The Bertz CT molecular complexity index is 1390. The lowest BCUT2D eigenvalue weighted by atomic mass is 10.1. The Morgan fingerprint density at radius 1 is 0.969 bits per heavy atom. The average molecular weight is 448 g/mol. The molecule has 0 atom stereocenters. The maximum Gasteiger partial charge on any atom is 0.332 e. The van der Waals surface area contributed by atoms with Crippen LogP contribution in [0.4, 0.5) is 5.69 Å². The van der Waals surface area contributed by atoms with Gasteiger partial charge in [-0.2, -0.15) is 0 Å². The molecular formula is C25H25N3O3S. The van der Waals surface area contributed by atoms with Gasteiger partial charge in [0, 0.05) is 12.2 Å². The Balaban J connectivity index is 1.66. The summed E-state index contributed by atoms with van der Waals surface area (Å²) in [6.45, 7) is 6.00. The summed E-state index contributed by atoms with van der Waals surface area (Å²) in [6, 6.07) is 15.5. The molecule has 1 amide bonds. The first-order chi connectivity index (χ1) is 15.3. The molecule has 0 fully saturated rings. The van der Waals surface area contributed by atoms with Crippen LogP contribution < -0.4 is 16.6 Å². The summed E-state index contributed by atoms with van der Waals surface area (Å²) in [4.78, 5) is 39.1. The Hall–Kier alpha value is -3.45. The van der Waals surface area contributed by atoms with Crippen molar-refractivity contribution in [2.75, 3.05) is 5.32 Å². The van der Waals surface area contributed by atoms with E-state index < -0.39 is 5.69 Å². The van der Waals surface area contributed by atoms with Crippen LogP contribution in [0.2, 0.25) is 0 Å². The van der Waals surface area contributed by atoms with Crippen LogP contribution in [0, 0.1) is 20.8 Å². The zero-order chi connectivity index (χ0) is 22.8. The van der Waals surface area contributed by atoms with Crippen LogP contribution in [0.1, 0.15) is 22.3 Å². The summed E-state index contributed by atoms with van der Waals surface area (Å²) in [5.41, 5.74) is 4.58. The van der Waals surface area contributed by atoms with E-state index in [-0.39, 0.29) is 24.6 Å². The van der Waals surface area contributed by atoms with Gasteiger partial charge in [-0.15, -0.1) is 11.3 Å². The molecule has 1 N–H and O–H groups in total. The van der Waals surface area contributed by atoms with Gasteiger partial charge in [-0.05, 0) is 55.3 Å². The van der Waals surface area contributed by atoms with E-state index in [0.29, 0.717) is 16.6 Å². The van der Waals surface area contributed by atoms with Gasteiger partial charge in [-0.25, -0.2) is 4.79 Å². The first-order valence-corrected chi connectivity index (χ1v) is 11.4. The molecule has 0 saturated carbocycles. The third-order valence-electron chi connectivity index (χ3n) is 5.55. The van der Waals surface area contributed by atoms with Crippen LogP contribution >= 0.6 is 11.3 Å². The van der Waals surface area contributed by atoms with E-state index in [0.717, 1.165) is 27.9 Å². The average Bonchev–Trinajstić information content (AvgIpc) is 3.24. The van der Waals surface area contributed by atoms with E-state index in [9.17, 15) is 14.4 Å². The monoisotopic (exact) mass is 447 g/mol. The van der Waals surface area contributed by atoms with Gasteiger partial charge in [-0.3, -0.25) is 18.7 Å². The third-order valence-corrected chi connectivity index (χ3v) is 6.44. The largest absolute Gasteiger partial charge is 0.332 e. The number of aromatic nitrogens is 2. The molecule has 2 aromatic heterocycles. The number of thiophene rings is 1. The van der Waals surface area contributed by atoms with Gasteiger partial charge < -0.3 is 5.32 Å². The SMILES string of the molecule is Cc1cc(C)c(NC(=O)Cn2c(=O)n(CCc3ccccc3)c(=O)c3sccc32)c(C)c1. The summed E-state index contributed by atoms with van der Waals surface area (Å²) in [5, 5.41) is 4.72. The van der Waals surface area contributed by atoms with Gasteiger partial charge in [0.25, 0.3) is 5.56 Å². The van der Waals surface area contributed by atoms with Crippen molar-refractivity contribution in [3.8, 4) is 0 Å². The van der Waals surface area contributed by atoms with Crippen molar-refractivity contribution in [1.29, 1.82) is 0 Å². The second-order valence-corrected chi connectivity index (χ2v) is 8.93. The Kier molecular flexibility index (Phi) is 6.10. The fourth-order valence-corrected chi connectivity index (χ4v) is 4.91. The minimum absolute atomic E-state index is 0.162. The molecule has 4 rings (SSSR count). The molecule has 6 nitrogen and oxygen atoms in total. The summed E-state index contributed by atoms with van der Waals surface area (Å²) >= 11 is 1.29. The van der Waals surface area contributed by atoms with Crippen molar-refractivity contribution in [2.45, 2.75) is 40.3 Å². The standard InChI is InChI=1S/C25H25N3O3S/c1-16-13-17(2)22(18(3)14-16)26-21(29)15-28-20-10-12-32-23(20)24(30)27(25(28)31)11-9-19-7-5-4-6-8-19/h4-8,10,12-14H,9,11,15H2,1-3H3,(H,26,29). The number of amides is 1. The number of nitrogens with zero attached hydrogens (tertiary/aromatic N) is 2. The Morgan fingerprint density at radius 3 is 2.34 bits per heavy atom. The lowest BCUT2D eigenvalue weighted by molar-refractivity contribution is -0.116. The van der Waals surface area contributed by atoms with E-state index >= 15 is 0 Å². The van der Waals surface area contributed by atoms with Crippen LogP contribution in [0.3, 0.4) is 0 Å². The Labute approximate surface area is 189 Å². The van der Waals surface area contributed by atoms with Gasteiger partial charge >= 0.3 is 5.69 Å². The number of carbonyl (C=O) groups excluding carboxylic acids is 1. The molecule has 0 aliphatic carbocycles. The summed E-state index contributed by atoms with van der Waals surface area (Å²) < 4.78 is 3.11. The van der Waals surface area contributed by atoms with Crippen molar-refractivity contribution in [1.82, 2.24) is 9.13 Å². The molecule has 0 unspecified atom stereocenters. The lowest BCUT2D eigenvalue weighted by Crippen LogP contribution is -2.41. The fourth-order valence-electron chi connectivity index (χ4n) is 4.07. The first kappa shape index (κ1) is 21.8. The summed E-state index contributed by atoms with van der Waals surface area (Å²) in [6.07, 6.45) is 0.556. The van der Waals surface area contributed by atoms with Crippen molar-refractivity contribution in [3.05, 3.63) is 97.0 Å². The van der Waals surface area contributed by atoms with Gasteiger partial charge in [-0.1, -0.05) is 48.0 Å². The van der Waals surface area contributed by atoms with Crippen molar-refractivity contribution in [3.63, 3.8) is 0 Å². The molecule has 4 aromatic rings. The quantitative estimate of drug-likeness (QED) is 0.485. The van der Waals surface area contributed by atoms with Gasteiger partial charge in [0.15, 0.2) is 0 Å². The van der Waals surface area contributed by atoms with Crippen LogP contribution in [-0.2, 0) is 24.3 Å². The molecular weight excluding hydrogens is 422 g/mol. The molecule has 0 aliphatic heterocycles. The number of aryl methyl sites for hydroxylation is 4. The molecule has 0 spiro atoms. The molecule has 7 heteroatoms. The topological polar surface area (TPSA) is 73.1 Å². The van der Waals surface area contributed by atoms with Crippen molar-refractivity contribution in [2.24, 2.45) is 0 Å². The minimum atomic E-state index is -0.468. The van der Waals surface area contributed by atoms with E-state index in [1.54, 1.807) is 11.4 Å². The summed E-state index contributed by atoms with van der Waals surface area (Å²) in [7, 11) is 0. The number of hydrogen-bond acceptors (Lipinski definition) is 4. The number of rotatable bonds is 6. The van der Waals surface area contributed by atoms with Gasteiger partial charge in [0.1, 0.15) is 11.2 Å². The van der Waals surface area contributed by atoms with E-state index in [4.69, 9.17) is 0 Å². The van der Waals surface area contributed by atoms with Gasteiger partial charge in [0.2, 0.25) is 5.91 Å². The first-order valence-electron chi connectivity index (χ1n) is 10.5. The third kappa shape index (κ3) is 4.29. The highest BCUT2D eigenvalue weighted by Gasteiger charge is 2.17. The van der Waals surface area contributed by atoms with E-state index in [1.807, 2.05) is 63.2 Å². The highest BCUT2D eigenvalue weighted by molar-refractivity contribution is 7.17. The number of benzene rings is 2. The van der Waals surface area contributed by atoms with Crippen LogP contribution in [0.15, 0.2) is 63.5 Å². The van der Waals surface area contributed by atoms with Crippen LogP contribution in [-0.4, -0.2) is 15.0 Å². The molecule has 0 bridgehead atoms. The highest BCUT2D eigenvalue weighted by Crippen LogP contribution is 2.22. The number of hydrogen-bond donors (Lipinski definition) is 1. The lowest BCUT2D eigenvalue weighted by Gasteiger charge is -2.15. The maximum absolute atomic E-state index is 13.2. The van der Waals surface area contributed by atoms with E-state index in [1.165, 1.54) is 20.5 Å². The molecule has 0 saturated heterocycles. The molecule has 2 aromatic carbocycles. The highest BCUT2D eigenvalue weighted by atomic mass is 32.1. The zero-order valence-corrected chi connectivity index (χ0v) is 19.2. The predicted molar refractivity (Wildman–Crippen MR) is 130 cm³/mol. The number of anilines is 1.